The van der Waals surface area contributed by atoms with Crippen molar-refractivity contribution in [3.05, 3.63) is 59.7 Å². The van der Waals surface area contributed by atoms with Crippen LogP contribution in [0.4, 0.5) is 18.9 Å². The Morgan fingerprint density at radius 2 is 1.58 bits per heavy atom. The van der Waals surface area contributed by atoms with Gasteiger partial charge in [0, 0.05) is 18.7 Å². The van der Waals surface area contributed by atoms with Crippen LogP contribution in [0.3, 0.4) is 0 Å². The maximum Gasteiger partial charge on any atom is 0.405 e. The van der Waals surface area contributed by atoms with E-state index in [2.05, 4.69) is 5.32 Å². The quantitative estimate of drug-likeness (QED) is 0.654. The number of rotatable bonds is 6. The first-order valence-electron chi connectivity index (χ1n) is 10.4. The average Bonchev–Trinajstić information content (AvgIpc) is 3.08. The number of anilines is 1. The van der Waals surface area contributed by atoms with Crippen LogP contribution in [0.15, 0.2) is 53.4 Å². The van der Waals surface area contributed by atoms with E-state index in [1.165, 1.54) is 52.8 Å². The van der Waals surface area contributed by atoms with E-state index in [0.29, 0.717) is 13.1 Å². The zero-order chi connectivity index (χ0) is 24.1. The summed E-state index contributed by atoms with van der Waals surface area (Å²) >= 11 is 0. The maximum atomic E-state index is 13.0. The molecule has 1 heterocycles. The number of carbonyl (C=O) groups is 2. The topological polar surface area (TPSA) is 95.6 Å². The molecule has 2 aromatic carbocycles. The minimum absolute atomic E-state index is 0.00273. The molecule has 0 bridgehead atoms. The van der Waals surface area contributed by atoms with Crippen LogP contribution in [0.25, 0.3) is 0 Å². The van der Waals surface area contributed by atoms with Crippen molar-refractivity contribution in [2.45, 2.75) is 36.8 Å². The monoisotopic (exact) mass is 483 g/mol. The third-order valence-corrected chi connectivity index (χ3v) is 7.06. The molecule has 11 heteroatoms. The van der Waals surface area contributed by atoms with Gasteiger partial charge in [-0.2, -0.15) is 17.5 Å². The molecular formula is C22H24F3N3O4S. The van der Waals surface area contributed by atoms with Gasteiger partial charge in [0.1, 0.15) is 6.54 Å². The molecule has 0 spiro atoms. The fourth-order valence-corrected chi connectivity index (χ4v) is 5.05. The van der Waals surface area contributed by atoms with Crippen LogP contribution >= 0.6 is 0 Å². The van der Waals surface area contributed by atoms with Gasteiger partial charge in [-0.1, -0.05) is 31.0 Å². The average molecular weight is 484 g/mol. The second-order valence-corrected chi connectivity index (χ2v) is 9.58. The van der Waals surface area contributed by atoms with Crippen molar-refractivity contribution in [1.29, 1.82) is 0 Å². The molecule has 0 unspecified atom stereocenters. The molecule has 1 fully saturated rings. The Labute approximate surface area is 190 Å². The number of nitrogens with zero attached hydrogens (tertiary/aromatic N) is 1. The van der Waals surface area contributed by atoms with Crippen LogP contribution in [0.1, 0.15) is 46.4 Å². The zero-order valence-electron chi connectivity index (χ0n) is 17.7. The van der Waals surface area contributed by atoms with Crippen LogP contribution in [0.5, 0.6) is 0 Å². The number of halogens is 3. The van der Waals surface area contributed by atoms with Crippen molar-refractivity contribution < 1.29 is 31.2 Å². The Morgan fingerprint density at radius 3 is 2.24 bits per heavy atom. The Morgan fingerprint density at radius 1 is 0.909 bits per heavy atom. The maximum absolute atomic E-state index is 13.0. The van der Waals surface area contributed by atoms with E-state index in [-0.39, 0.29) is 21.7 Å². The van der Waals surface area contributed by atoms with E-state index in [9.17, 15) is 31.2 Å². The molecule has 178 valence electrons. The van der Waals surface area contributed by atoms with Crippen molar-refractivity contribution in [3.63, 3.8) is 0 Å². The summed E-state index contributed by atoms with van der Waals surface area (Å²) in [5.74, 6) is -1.69. The molecule has 0 saturated carbocycles. The van der Waals surface area contributed by atoms with E-state index in [0.717, 1.165) is 25.7 Å². The lowest BCUT2D eigenvalue weighted by atomic mass is 10.1. The van der Waals surface area contributed by atoms with E-state index in [1.807, 2.05) is 0 Å². The number of hydrogen-bond acceptors (Lipinski definition) is 4. The number of para-hydroxylation sites is 1. The van der Waals surface area contributed by atoms with Gasteiger partial charge in [-0.05, 0) is 43.2 Å². The molecule has 0 radical (unpaired) electrons. The lowest BCUT2D eigenvalue weighted by Crippen LogP contribution is -2.34. The van der Waals surface area contributed by atoms with Gasteiger partial charge >= 0.3 is 6.18 Å². The molecule has 1 aliphatic heterocycles. The van der Waals surface area contributed by atoms with Crippen molar-refractivity contribution in [2.24, 2.45) is 0 Å². The number of hydrogen-bond donors (Lipinski definition) is 2. The molecule has 0 aromatic heterocycles. The normalized spacial score (nSPS) is 15.5. The fraction of sp³-hybridized carbons (Fsp3) is 0.364. The number of benzene rings is 2. The summed E-state index contributed by atoms with van der Waals surface area (Å²) in [5.41, 5.74) is -0.109. The number of sulfonamides is 1. The zero-order valence-corrected chi connectivity index (χ0v) is 18.5. The highest BCUT2D eigenvalue weighted by molar-refractivity contribution is 7.89. The van der Waals surface area contributed by atoms with Crippen LogP contribution in [0, 0.1) is 0 Å². The molecule has 1 saturated heterocycles. The minimum atomic E-state index is -4.58. The van der Waals surface area contributed by atoms with Gasteiger partial charge in [-0.3, -0.25) is 9.59 Å². The van der Waals surface area contributed by atoms with E-state index in [4.69, 9.17) is 0 Å². The van der Waals surface area contributed by atoms with Gasteiger partial charge in [0.05, 0.1) is 16.1 Å². The third kappa shape index (κ3) is 6.55. The van der Waals surface area contributed by atoms with Gasteiger partial charge < -0.3 is 10.6 Å². The summed E-state index contributed by atoms with van der Waals surface area (Å²) in [7, 11) is -3.77. The molecule has 7 nitrogen and oxygen atoms in total. The molecule has 1 aliphatic rings. The Kier molecular flexibility index (Phi) is 7.75. The van der Waals surface area contributed by atoms with Crippen LogP contribution in [-0.4, -0.2) is 50.3 Å². The van der Waals surface area contributed by atoms with Crippen molar-refractivity contribution in [3.8, 4) is 0 Å². The number of amides is 2. The summed E-state index contributed by atoms with van der Waals surface area (Å²) in [5, 5.41) is 4.25. The summed E-state index contributed by atoms with van der Waals surface area (Å²) in [4.78, 5) is 24.9. The molecule has 0 atom stereocenters. The fourth-order valence-electron chi connectivity index (χ4n) is 3.49. The SMILES string of the molecule is O=C(Nc1ccccc1C(=O)NCC(F)(F)F)c1cccc(S(=O)(=O)N2CCCCCC2)c1. The molecule has 2 amide bonds. The Hall–Kier alpha value is -2.92. The minimum Gasteiger partial charge on any atom is -0.343 e. The van der Waals surface area contributed by atoms with Gasteiger partial charge in [0.15, 0.2) is 0 Å². The molecular weight excluding hydrogens is 459 g/mol. The molecule has 0 aliphatic carbocycles. The third-order valence-electron chi connectivity index (χ3n) is 5.17. The summed E-state index contributed by atoms with van der Waals surface area (Å²) in [6, 6.07) is 11.1. The molecule has 33 heavy (non-hydrogen) atoms. The molecule has 2 N–H and O–H groups in total. The first-order chi connectivity index (χ1) is 15.6. The predicted octanol–water partition coefficient (Wildman–Crippen LogP) is 3.80. The van der Waals surface area contributed by atoms with E-state index in [1.54, 1.807) is 5.32 Å². The van der Waals surface area contributed by atoms with Crippen molar-refractivity contribution >= 4 is 27.5 Å². The molecule has 2 aromatic rings. The smallest absolute Gasteiger partial charge is 0.343 e. The lowest BCUT2D eigenvalue weighted by molar-refractivity contribution is -0.123. The van der Waals surface area contributed by atoms with Crippen molar-refractivity contribution in [1.82, 2.24) is 9.62 Å². The number of alkyl halides is 3. The van der Waals surface area contributed by atoms with Gasteiger partial charge in [-0.15, -0.1) is 0 Å². The Bertz CT molecular complexity index is 1110. The number of nitrogens with one attached hydrogen (secondary N) is 2. The highest BCUT2D eigenvalue weighted by Gasteiger charge is 2.29. The molecule has 3 rings (SSSR count). The van der Waals surface area contributed by atoms with Crippen molar-refractivity contribution in [2.75, 3.05) is 25.0 Å². The van der Waals surface area contributed by atoms with Crippen LogP contribution in [0.2, 0.25) is 0 Å². The standard InChI is InChI=1S/C22H24F3N3O4S/c23-22(24,25)15-26-21(30)18-10-3-4-11-19(18)27-20(29)16-8-7-9-17(14-16)33(31,32)28-12-5-1-2-6-13-28/h3-4,7-11,14H,1-2,5-6,12-13,15H2,(H,26,30)(H,27,29). The predicted molar refractivity (Wildman–Crippen MR) is 116 cm³/mol. The Balaban J connectivity index is 1.79. The van der Waals surface area contributed by atoms with Gasteiger partial charge in [-0.25, -0.2) is 8.42 Å². The highest BCUT2D eigenvalue weighted by Crippen LogP contribution is 2.22. The largest absolute Gasteiger partial charge is 0.405 e. The first kappa shape index (κ1) is 24.7. The van der Waals surface area contributed by atoms with Gasteiger partial charge in [0.25, 0.3) is 11.8 Å². The second kappa shape index (κ2) is 10.3. The van der Waals surface area contributed by atoms with Crippen LogP contribution < -0.4 is 10.6 Å². The first-order valence-corrected chi connectivity index (χ1v) is 11.9. The highest BCUT2D eigenvalue weighted by atomic mass is 32.2. The van der Waals surface area contributed by atoms with E-state index < -0.39 is 34.6 Å². The van der Waals surface area contributed by atoms with Crippen LogP contribution in [-0.2, 0) is 10.0 Å². The number of carbonyl (C=O) groups excluding carboxylic acids is 2. The summed E-state index contributed by atoms with van der Waals surface area (Å²) < 4.78 is 64.7. The lowest BCUT2D eigenvalue weighted by Gasteiger charge is -2.20. The van der Waals surface area contributed by atoms with Gasteiger partial charge in [0.2, 0.25) is 10.0 Å². The second-order valence-electron chi connectivity index (χ2n) is 7.64. The summed E-state index contributed by atoms with van der Waals surface area (Å²) in [6.07, 6.45) is -1.11. The summed E-state index contributed by atoms with van der Waals surface area (Å²) in [6.45, 7) is -0.678. The van der Waals surface area contributed by atoms with E-state index >= 15 is 0 Å².